The normalized spacial score (nSPS) is 18.6. The van der Waals surface area contributed by atoms with Crippen molar-refractivity contribution >= 4 is 38.6 Å². The van der Waals surface area contributed by atoms with Gasteiger partial charge in [0.1, 0.15) is 16.9 Å². The van der Waals surface area contributed by atoms with Gasteiger partial charge in [0.25, 0.3) is 0 Å². The molecule has 0 aliphatic heterocycles. The number of hydrogen-bond acceptors (Lipinski definition) is 7. The Morgan fingerprint density at radius 1 is 1.00 bits per heavy atom. The number of halogens is 1. The van der Waals surface area contributed by atoms with Gasteiger partial charge in [0.15, 0.2) is 5.65 Å². The molecule has 1 saturated carbocycles. The molecule has 8 nitrogen and oxygen atoms in total. The van der Waals surface area contributed by atoms with E-state index in [1.807, 2.05) is 0 Å². The van der Waals surface area contributed by atoms with E-state index in [1.54, 1.807) is 65.2 Å². The van der Waals surface area contributed by atoms with Crippen molar-refractivity contribution in [3.8, 4) is 5.88 Å². The number of aromatic nitrogens is 3. The van der Waals surface area contributed by atoms with Crippen LogP contribution in [0.4, 0.5) is 11.5 Å². The number of anilines is 2. The Bertz CT molecular complexity index is 1400. The molecule has 0 atom stereocenters. The zero-order valence-corrected chi connectivity index (χ0v) is 19.8. The highest BCUT2D eigenvalue weighted by molar-refractivity contribution is 7.91. The summed E-state index contributed by atoms with van der Waals surface area (Å²) in [4.78, 5) is 4.99. The maximum atomic E-state index is 12.9. The SMILES string of the molecule is NC1CCC(Oc2cc(Nc3ccc(S(=O)(=O)c4ccccc4)cc3)n3ncc(Cl)c3n2)CC1. The molecule has 2 aromatic carbocycles. The first-order chi connectivity index (χ1) is 16.4. The first kappa shape index (κ1) is 22.6. The predicted molar refractivity (Wildman–Crippen MR) is 130 cm³/mol. The third-order valence-corrected chi connectivity index (χ3v) is 7.95. The molecule has 0 unspecified atom stereocenters. The van der Waals surface area contributed by atoms with E-state index in [9.17, 15) is 8.42 Å². The van der Waals surface area contributed by atoms with E-state index in [0.717, 1.165) is 25.7 Å². The molecule has 0 saturated heterocycles. The second-order valence-electron chi connectivity index (χ2n) is 8.33. The second-order valence-corrected chi connectivity index (χ2v) is 10.7. The lowest BCUT2D eigenvalue weighted by Gasteiger charge is -2.26. The Hall–Kier alpha value is -3.14. The van der Waals surface area contributed by atoms with Gasteiger partial charge in [-0.3, -0.25) is 0 Å². The van der Waals surface area contributed by atoms with Crippen LogP contribution in [-0.2, 0) is 9.84 Å². The minimum absolute atomic E-state index is 0.0479. The van der Waals surface area contributed by atoms with Crippen molar-refractivity contribution in [3.63, 3.8) is 0 Å². The molecule has 1 aliphatic rings. The maximum absolute atomic E-state index is 12.9. The largest absolute Gasteiger partial charge is 0.474 e. The molecule has 0 spiro atoms. The van der Waals surface area contributed by atoms with Crippen LogP contribution in [0.25, 0.3) is 5.65 Å². The second kappa shape index (κ2) is 9.25. The summed E-state index contributed by atoms with van der Waals surface area (Å²) in [7, 11) is -3.59. The number of sulfone groups is 1. The van der Waals surface area contributed by atoms with Crippen LogP contribution in [0.5, 0.6) is 5.88 Å². The summed E-state index contributed by atoms with van der Waals surface area (Å²) in [6.07, 6.45) is 5.16. The third-order valence-electron chi connectivity index (χ3n) is 5.90. The van der Waals surface area contributed by atoms with Crippen LogP contribution < -0.4 is 15.8 Å². The number of hydrogen-bond donors (Lipinski definition) is 2. The zero-order chi connectivity index (χ0) is 23.7. The minimum Gasteiger partial charge on any atom is -0.474 e. The van der Waals surface area contributed by atoms with Gasteiger partial charge in [0.05, 0.1) is 16.0 Å². The van der Waals surface area contributed by atoms with Crippen LogP contribution in [-0.4, -0.2) is 35.2 Å². The Morgan fingerprint density at radius 3 is 2.38 bits per heavy atom. The first-order valence-electron chi connectivity index (χ1n) is 11.0. The maximum Gasteiger partial charge on any atom is 0.219 e. The van der Waals surface area contributed by atoms with E-state index in [2.05, 4.69) is 15.4 Å². The Balaban J connectivity index is 1.41. The first-order valence-corrected chi connectivity index (χ1v) is 12.9. The lowest BCUT2D eigenvalue weighted by Crippen LogP contribution is -2.31. The molecule has 5 rings (SSSR count). The molecule has 2 aromatic heterocycles. The average Bonchev–Trinajstić information content (AvgIpc) is 3.22. The van der Waals surface area contributed by atoms with Gasteiger partial charge in [-0.1, -0.05) is 29.8 Å². The fourth-order valence-corrected chi connectivity index (χ4v) is 5.49. The highest BCUT2D eigenvalue weighted by Crippen LogP contribution is 2.29. The van der Waals surface area contributed by atoms with Crippen molar-refractivity contribution in [1.82, 2.24) is 14.6 Å². The number of benzene rings is 2. The van der Waals surface area contributed by atoms with Crippen molar-refractivity contribution in [2.24, 2.45) is 5.73 Å². The molecule has 3 N–H and O–H groups in total. The van der Waals surface area contributed by atoms with Crippen molar-refractivity contribution in [3.05, 3.63) is 71.9 Å². The summed E-state index contributed by atoms with van der Waals surface area (Å²) in [5.74, 6) is 1.04. The zero-order valence-electron chi connectivity index (χ0n) is 18.3. The molecule has 0 amide bonds. The third kappa shape index (κ3) is 4.59. The molecule has 1 fully saturated rings. The highest BCUT2D eigenvalue weighted by Gasteiger charge is 2.22. The molecule has 10 heteroatoms. The molecular weight excluding hydrogens is 474 g/mol. The van der Waals surface area contributed by atoms with Gasteiger partial charge in [-0.05, 0) is 62.1 Å². The summed E-state index contributed by atoms with van der Waals surface area (Å²) in [6, 6.07) is 16.9. The molecule has 0 radical (unpaired) electrons. The fraction of sp³-hybridized carbons (Fsp3) is 0.250. The summed E-state index contributed by atoms with van der Waals surface area (Å²) < 4.78 is 33.4. The van der Waals surface area contributed by atoms with Gasteiger partial charge in [-0.25, -0.2) is 8.42 Å². The molecular formula is C24H24ClN5O3S. The average molecular weight is 498 g/mol. The van der Waals surface area contributed by atoms with E-state index < -0.39 is 9.84 Å². The van der Waals surface area contributed by atoms with Crippen LogP contribution in [0.1, 0.15) is 25.7 Å². The van der Waals surface area contributed by atoms with Crippen molar-refractivity contribution in [1.29, 1.82) is 0 Å². The molecule has 176 valence electrons. The van der Waals surface area contributed by atoms with Crippen LogP contribution >= 0.6 is 11.6 Å². The lowest BCUT2D eigenvalue weighted by atomic mass is 9.94. The number of rotatable bonds is 6. The van der Waals surface area contributed by atoms with Crippen LogP contribution in [0.15, 0.2) is 76.7 Å². The predicted octanol–water partition coefficient (Wildman–Crippen LogP) is 4.61. The minimum atomic E-state index is -3.59. The standard InChI is InChI=1S/C24H24ClN5O3S/c25-21-15-27-30-22(14-23(29-24(21)30)33-18-10-6-16(26)7-11-18)28-17-8-12-20(13-9-17)34(31,32)19-4-2-1-3-5-19/h1-5,8-9,12-16,18,28H,6-7,10-11,26H2. The van der Waals surface area contributed by atoms with Crippen molar-refractivity contribution in [2.45, 2.75) is 47.6 Å². The number of nitrogens with one attached hydrogen (secondary N) is 1. The monoisotopic (exact) mass is 497 g/mol. The van der Waals surface area contributed by atoms with Gasteiger partial charge in [-0.2, -0.15) is 14.6 Å². The molecule has 4 aromatic rings. The fourth-order valence-electron chi connectivity index (χ4n) is 4.04. The van der Waals surface area contributed by atoms with Gasteiger partial charge in [0.2, 0.25) is 15.7 Å². The Morgan fingerprint density at radius 2 is 1.68 bits per heavy atom. The van der Waals surface area contributed by atoms with E-state index in [0.29, 0.717) is 28.1 Å². The summed E-state index contributed by atoms with van der Waals surface area (Å²) >= 11 is 6.30. The number of nitrogens with two attached hydrogens (primary N) is 1. The van der Waals surface area contributed by atoms with E-state index >= 15 is 0 Å². The lowest BCUT2D eigenvalue weighted by molar-refractivity contribution is 0.141. The van der Waals surface area contributed by atoms with Crippen molar-refractivity contribution in [2.75, 3.05) is 5.32 Å². The summed E-state index contributed by atoms with van der Waals surface area (Å²) in [5.41, 5.74) is 7.15. The van der Waals surface area contributed by atoms with E-state index in [-0.39, 0.29) is 21.9 Å². The van der Waals surface area contributed by atoms with E-state index in [1.165, 1.54) is 6.20 Å². The highest BCUT2D eigenvalue weighted by atomic mass is 35.5. The number of nitrogens with zero attached hydrogens (tertiary/aromatic N) is 3. The molecule has 2 heterocycles. The Kier molecular flexibility index (Phi) is 6.16. The topological polar surface area (TPSA) is 112 Å². The molecule has 0 bridgehead atoms. The van der Waals surface area contributed by atoms with Gasteiger partial charge in [0, 0.05) is 17.8 Å². The smallest absolute Gasteiger partial charge is 0.219 e. The van der Waals surface area contributed by atoms with Crippen molar-refractivity contribution < 1.29 is 13.2 Å². The van der Waals surface area contributed by atoms with Crippen LogP contribution in [0.3, 0.4) is 0 Å². The Labute approximate surface area is 202 Å². The summed E-state index contributed by atoms with van der Waals surface area (Å²) in [5, 5.41) is 7.98. The number of fused-ring (bicyclic) bond motifs is 1. The summed E-state index contributed by atoms with van der Waals surface area (Å²) in [6.45, 7) is 0. The molecule has 1 aliphatic carbocycles. The van der Waals surface area contributed by atoms with Crippen LogP contribution in [0.2, 0.25) is 5.02 Å². The van der Waals surface area contributed by atoms with Crippen LogP contribution in [0, 0.1) is 0 Å². The molecule has 34 heavy (non-hydrogen) atoms. The van der Waals surface area contributed by atoms with Gasteiger partial charge < -0.3 is 15.8 Å². The number of ether oxygens (including phenoxy) is 1. The van der Waals surface area contributed by atoms with Gasteiger partial charge >= 0.3 is 0 Å². The quantitative estimate of drug-likeness (QED) is 0.400. The van der Waals surface area contributed by atoms with E-state index in [4.69, 9.17) is 22.1 Å². The van der Waals surface area contributed by atoms with Gasteiger partial charge in [-0.15, -0.1) is 0 Å².